The molecule has 1 aliphatic carbocycles. The lowest BCUT2D eigenvalue weighted by molar-refractivity contribution is -0.145. The van der Waals surface area contributed by atoms with Gasteiger partial charge in [0, 0.05) is 6.54 Å². The Kier molecular flexibility index (Phi) is 6.64. The predicted octanol–water partition coefficient (Wildman–Crippen LogP) is 3.20. The molecule has 0 spiro atoms. The Morgan fingerprint density at radius 1 is 1.29 bits per heavy atom. The quantitative estimate of drug-likeness (QED) is 0.803. The van der Waals surface area contributed by atoms with Crippen LogP contribution in [-0.4, -0.2) is 30.1 Å². The normalized spacial score (nSPS) is 20.6. The molecule has 0 saturated heterocycles. The maximum Gasteiger partial charge on any atom is 0.306 e. The fourth-order valence-corrected chi connectivity index (χ4v) is 3.19. The van der Waals surface area contributed by atoms with Crippen molar-refractivity contribution >= 4 is 11.9 Å². The number of hydrogen-bond acceptors (Lipinski definition) is 3. The van der Waals surface area contributed by atoms with Crippen molar-refractivity contribution in [2.24, 2.45) is 11.8 Å². The summed E-state index contributed by atoms with van der Waals surface area (Å²) in [5.74, 6) is -0.207. The van der Waals surface area contributed by atoms with Gasteiger partial charge in [0.25, 0.3) is 5.91 Å². The van der Waals surface area contributed by atoms with E-state index in [2.05, 4.69) is 19.2 Å². The molecule has 0 unspecified atom stereocenters. The highest BCUT2D eigenvalue weighted by atomic mass is 16.5. The van der Waals surface area contributed by atoms with E-state index in [0.717, 1.165) is 19.3 Å². The second kappa shape index (κ2) is 8.71. The number of carbonyl (C=O) groups excluding carboxylic acids is 1. The Bertz CT molecular complexity index is 570. The molecule has 1 fully saturated rings. The number of amides is 1. The third kappa shape index (κ3) is 5.25. The van der Waals surface area contributed by atoms with Crippen LogP contribution in [0.1, 0.15) is 51.0 Å². The van der Waals surface area contributed by atoms with E-state index in [1.165, 1.54) is 5.56 Å². The van der Waals surface area contributed by atoms with Crippen molar-refractivity contribution in [1.82, 2.24) is 5.32 Å². The number of ether oxygens (including phenoxy) is 1. The number of rotatable bonds is 7. The number of nitrogens with one attached hydrogen (secondary N) is 1. The average molecular weight is 333 g/mol. The van der Waals surface area contributed by atoms with Crippen LogP contribution in [0.3, 0.4) is 0 Å². The molecule has 24 heavy (non-hydrogen) atoms. The van der Waals surface area contributed by atoms with E-state index in [4.69, 9.17) is 4.74 Å². The minimum atomic E-state index is -0.754. The fraction of sp³-hybridized carbons (Fsp3) is 0.579. The Balaban J connectivity index is 1.79. The molecule has 2 atom stereocenters. The van der Waals surface area contributed by atoms with Gasteiger partial charge in [0.05, 0.1) is 5.92 Å². The van der Waals surface area contributed by atoms with Gasteiger partial charge in [0.1, 0.15) is 5.75 Å². The number of aliphatic carboxylic acids is 1. The fourth-order valence-electron chi connectivity index (χ4n) is 3.19. The van der Waals surface area contributed by atoms with Crippen LogP contribution in [0.15, 0.2) is 24.3 Å². The lowest BCUT2D eigenvalue weighted by Gasteiger charge is -2.28. The molecule has 1 aromatic rings. The van der Waals surface area contributed by atoms with Crippen LogP contribution < -0.4 is 10.1 Å². The summed E-state index contributed by atoms with van der Waals surface area (Å²) in [5, 5.41) is 12.1. The molecular weight excluding hydrogens is 306 g/mol. The molecule has 0 aromatic heterocycles. The summed E-state index contributed by atoms with van der Waals surface area (Å²) >= 11 is 0. The van der Waals surface area contributed by atoms with Crippen molar-refractivity contribution in [2.45, 2.75) is 45.4 Å². The number of benzene rings is 1. The molecule has 1 saturated carbocycles. The van der Waals surface area contributed by atoms with Crippen LogP contribution in [0.4, 0.5) is 0 Å². The first-order chi connectivity index (χ1) is 11.5. The van der Waals surface area contributed by atoms with E-state index < -0.39 is 5.97 Å². The highest BCUT2D eigenvalue weighted by Gasteiger charge is 2.30. The zero-order valence-corrected chi connectivity index (χ0v) is 14.5. The SMILES string of the molecule is CC(C)c1cccc(OCC(=O)NC[C@@H]2CCCC[C@@H]2C(=O)O)c1. The van der Waals surface area contributed by atoms with Crippen LogP contribution in [-0.2, 0) is 9.59 Å². The Hall–Kier alpha value is -2.04. The number of carboxylic acid groups (broad SMARTS) is 1. The Labute approximate surface area is 143 Å². The van der Waals surface area contributed by atoms with Crippen molar-refractivity contribution in [3.8, 4) is 5.75 Å². The minimum Gasteiger partial charge on any atom is -0.484 e. The lowest BCUT2D eigenvalue weighted by atomic mass is 9.79. The van der Waals surface area contributed by atoms with Gasteiger partial charge < -0.3 is 15.2 Å². The highest BCUT2D eigenvalue weighted by molar-refractivity contribution is 5.77. The van der Waals surface area contributed by atoms with Crippen LogP contribution in [0.2, 0.25) is 0 Å². The van der Waals surface area contributed by atoms with Crippen LogP contribution >= 0.6 is 0 Å². The van der Waals surface area contributed by atoms with Gasteiger partial charge >= 0.3 is 5.97 Å². The number of carbonyl (C=O) groups is 2. The maximum atomic E-state index is 12.0. The van der Waals surface area contributed by atoms with Crippen LogP contribution in [0.25, 0.3) is 0 Å². The van der Waals surface area contributed by atoms with Gasteiger partial charge in [-0.3, -0.25) is 9.59 Å². The first-order valence-corrected chi connectivity index (χ1v) is 8.69. The molecule has 1 aromatic carbocycles. The van der Waals surface area contributed by atoms with Crippen molar-refractivity contribution < 1.29 is 19.4 Å². The van der Waals surface area contributed by atoms with E-state index >= 15 is 0 Å². The summed E-state index contributed by atoms with van der Waals surface area (Å²) in [5.41, 5.74) is 1.17. The third-order valence-electron chi connectivity index (χ3n) is 4.68. The number of carboxylic acids is 1. The largest absolute Gasteiger partial charge is 0.484 e. The molecule has 132 valence electrons. The van der Waals surface area contributed by atoms with Gasteiger partial charge in [0.2, 0.25) is 0 Å². The topological polar surface area (TPSA) is 75.6 Å². The van der Waals surface area contributed by atoms with Crippen LogP contribution in [0.5, 0.6) is 5.75 Å². The molecule has 0 heterocycles. The van der Waals surface area contributed by atoms with E-state index in [9.17, 15) is 14.7 Å². The summed E-state index contributed by atoms with van der Waals surface area (Å²) in [6.45, 7) is 4.57. The Morgan fingerprint density at radius 2 is 2.04 bits per heavy atom. The van der Waals surface area contributed by atoms with Gasteiger partial charge in [-0.05, 0) is 42.4 Å². The van der Waals surface area contributed by atoms with Crippen LogP contribution in [0, 0.1) is 11.8 Å². The van der Waals surface area contributed by atoms with Crippen molar-refractivity contribution in [3.63, 3.8) is 0 Å². The summed E-state index contributed by atoms with van der Waals surface area (Å²) in [7, 11) is 0. The standard InChI is InChI=1S/C19H27NO4/c1-13(2)14-7-5-8-16(10-14)24-12-18(21)20-11-15-6-3-4-9-17(15)19(22)23/h5,7-8,10,13,15,17H,3-4,6,9,11-12H2,1-2H3,(H,20,21)(H,22,23)/t15-,17-/m0/s1. The van der Waals surface area contributed by atoms with E-state index in [-0.39, 0.29) is 24.3 Å². The molecule has 2 rings (SSSR count). The van der Waals surface area contributed by atoms with Crippen molar-refractivity contribution in [1.29, 1.82) is 0 Å². The first-order valence-electron chi connectivity index (χ1n) is 8.69. The molecule has 2 N–H and O–H groups in total. The second-order valence-electron chi connectivity index (χ2n) is 6.81. The third-order valence-corrected chi connectivity index (χ3v) is 4.68. The van der Waals surface area contributed by atoms with Crippen molar-refractivity contribution in [2.75, 3.05) is 13.2 Å². The molecule has 0 aliphatic heterocycles. The van der Waals surface area contributed by atoms with Gasteiger partial charge in [0.15, 0.2) is 6.61 Å². The van der Waals surface area contributed by atoms with E-state index in [1.54, 1.807) is 0 Å². The lowest BCUT2D eigenvalue weighted by Crippen LogP contribution is -2.38. The molecular formula is C19H27NO4. The highest BCUT2D eigenvalue weighted by Crippen LogP contribution is 2.29. The summed E-state index contributed by atoms with van der Waals surface area (Å²) in [6.07, 6.45) is 3.54. The maximum absolute atomic E-state index is 12.0. The molecule has 1 aliphatic rings. The smallest absolute Gasteiger partial charge is 0.306 e. The van der Waals surface area contributed by atoms with Gasteiger partial charge in [-0.25, -0.2) is 0 Å². The molecule has 5 heteroatoms. The number of hydrogen-bond donors (Lipinski definition) is 2. The van der Waals surface area contributed by atoms with E-state index in [0.29, 0.717) is 24.6 Å². The summed E-state index contributed by atoms with van der Waals surface area (Å²) < 4.78 is 5.54. The average Bonchev–Trinajstić information content (AvgIpc) is 2.58. The second-order valence-corrected chi connectivity index (χ2v) is 6.81. The van der Waals surface area contributed by atoms with Gasteiger partial charge in [-0.15, -0.1) is 0 Å². The molecule has 1 amide bonds. The predicted molar refractivity (Wildman–Crippen MR) is 92.1 cm³/mol. The zero-order chi connectivity index (χ0) is 17.5. The van der Waals surface area contributed by atoms with Crippen molar-refractivity contribution in [3.05, 3.63) is 29.8 Å². The monoisotopic (exact) mass is 333 g/mol. The zero-order valence-electron chi connectivity index (χ0n) is 14.5. The first kappa shape index (κ1) is 18.3. The summed E-state index contributed by atoms with van der Waals surface area (Å²) in [6, 6.07) is 7.73. The summed E-state index contributed by atoms with van der Waals surface area (Å²) in [4.78, 5) is 23.2. The van der Waals surface area contributed by atoms with Gasteiger partial charge in [-0.2, -0.15) is 0 Å². The minimum absolute atomic E-state index is 0.0180. The molecule has 0 bridgehead atoms. The Morgan fingerprint density at radius 3 is 2.75 bits per heavy atom. The van der Waals surface area contributed by atoms with E-state index in [1.807, 2.05) is 24.3 Å². The molecule has 5 nitrogen and oxygen atoms in total. The molecule has 0 radical (unpaired) electrons. The van der Waals surface area contributed by atoms with Gasteiger partial charge in [-0.1, -0.05) is 38.8 Å².